The number of amides is 1. The third-order valence-corrected chi connectivity index (χ3v) is 2.99. The monoisotopic (exact) mass is 253 g/mol. The van der Waals surface area contributed by atoms with Crippen LogP contribution in [0.1, 0.15) is 45.4 Å². The summed E-state index contributed by atoms with van der Waals surface area (Å²) in [7, 11) is 0. The highest BCUT2D eigenvalue weighted by Gasteiger charge is 2.34. The molecule has 0 aromatic heterocycles. The molecule has 1 aliphatic rings. The average Bonchev–Trinajstić information content (AvgIpc) is 2.68. The minimum atomic E-state index is -1.02. The molecule has 18 heavy (non-hydrogen) atoms. The van der Waals surface area contributed by atoms with Crippen LogP contribution >= 0.6 is 0 Å². The normalized spacial score (nSPS) is 19.7. The molecule has 0 aliphatic carbocycles. The van der Waals surface area contributed by atoms with Crippen LogP contribution in [-0.2, 0) is 14.4 Å². The van der Waals surface area contributed by atoms with Crippen LogP contribution in [0.25, 0.3) is 0 Å². The Labute approximate surface area is 106 Å². The molecule has 1 amide bonds. The van der Waals surface area contributed by atoms with Gasteiger partial charge < -0.3 is 10.0 Å². The molecule has 1 saturated heterocycles. The van der Waals surface area contributed by atoms with E-state index in [0.717, 1.165) is 24.2 Å². The lowest BCUT2D eigenvalue weighted by Crippen LogP contribution is -2.34. The van der Waals surface area contributed by atoms with Gasteiger partial charge in [0.1, 0.15) is 6.04 Å². The molecule has 0 aromatic carbocycles. The summed E-state index contributed by atoms with van der Waals surface area (Å²) in [5.41, 5.74) is 0. The fourth-order valence-electron chi connectivity index (χ4n) is 1.93. The molecule has 0 radical (unpaired) electrons. The van der Waals surface area contributed by atoms with Crippen LogP contribution in [-0.4, -0.2) is 33.7 Å². The van der Waals surface area contributed by atoms with Crippen molar-refractivity contribution in [3.63, 3.8) is 0 Å². The molecule has 1 N–H and O–H groups in total. The van der Waals surface area contributed by atoms with Crippen molar-refractivity contribution in [1.29, 1.82) is 0 Å². The molecular formula is C13H19NO4. The first-order valence-electron chi connectivity index (χ1n) is 6.31. The van der Waals surface area contributed by atoms with Gasteiger partial charge in [-0.05, 0) is 18.9 Å². The number of carbonyl (C=O) groups is 3. The smallest absolute Gasteiger partial charge is 0.326 e. The van der Waals surface area contributed by atoms with Crippen molar-refractivity contribution >= 4 is 17.7 Å². The molecule has 1 heterocycles. The molecular weight excluding hydrogens is 234 g/mol. The van der Waals surface area contributed by atoms with E-state index in [-0.39, 0.29) is 18.1 Å². The van der Waals surface area contributed by atoms with Crippen molar-refractivity contribution in [2.24, 2.45) is 0 Å². The van der Waals surface area contributed by atoms with E-state index in [2.05, 4.69) is 6.92 Å². The Morgan fingerprint density at radius 2 is 2.17 bits per heavy atom. The van der Waals surface area contributed by atoms with Crippen molar-refractivity contribution < 1.29 is 19.5 Å². The number of unbranched alkanes of at least 4 members (excludes halogenated alkanes) is 2. The maximum Gasteiger partial charge on any atom is 0.326 e. The van der Waals surface area contributed by atoms with Gasteiger partial charge in [-0.3, -0.25) is 9.59 Å². The van der Waals surface area contributed by atoms with E-state index in [1.165, 1.54) is 12.3 Å². The number of hydrogen-bond donors (Lipinski definition) is 1. The maximum atomic E-state index is 11.5. The number of aliphatic carboxylic acids is 1. The molecule has 1 atom stereocenters. The van der Waals surface area contributed by atoms with Gasteiger partial charge in [-0.15, -0.1) is 0 Å². The molecule has 1 rings (SSSR count). The predicted octanol–water partition coefficient (Wildman–Crippen LogP) is 1.73. The van der Waals surface area contributed by atoms with E-state index in [9.17, 15) is 14.4 Å². The fraction of sp³-hybridized carbons (Fsp3) is 0.615. The van der Waals surface area contributed by atoms with Crippen LogP contribution in [0, 0.1) is 0 Å². The highest BCUT2D eigenvalue weighted by atomic mass is 16.4. The highest BCUT2D eigenvalue weighted by Crippen LogP contribution is 2.19. The quantitative estimate of drug-likeness (QED) is 0.554. The average molecular weight is 253 g/mol. The third kappa shape index (κ3) is 3.98. The van der Waals surface area contributed by atoms with Crippen LogP contribution < -0.4 is 0 Å². The second kappa shape index (κ2) is 6.93. The SMILES string of the molecule is CCCCCC(=O)/C=C/N1C(=O)CC[C@@H]1C(=O)O. The van der Waals surface area contributed by atoms with Crippen LogP contribution in [0.2, 0.25) is 0 Å². The Hall–Kier alpha value is -1.65. The number of rotatable bonds is 7. The van der Waals surface area contributed by atoms with Gasteiger partial charge >= 0.3 is 5.97 Å². The molecule has 0 saturated carbocycles. The summed E-state index contributed by atoms with van der Waals surface area (Å²) >= 11 is 0. The summed E-state index contributed by atoms with van der Waals surface area (Å²) in [6.07, 6.45) is 6.49. The molecule has 1 fully saturated rings. The second-order valence-corrected chi connectivity index (χ2v) is 4.43. The number of carboxylic acids is 1. The van der Waals surface area contributed by atoms with Gasteiger partial charge in [-0.25, -0.2) is 4.79 Å². The number of allylic oxidation sites excluding steroid dienone is 1. The van der Waals surface area contributed by atoms with Gasteiger partial charge in [-0.2, -0.15) is 0 Å². The molecule has 100 valence electrons. The lowest BCUT2D eigenvalue weighted by Gasteiger charge is -2.16. The van der Waals surface area contributed by atoms with Crippen LogP contribution in [0.15, 0.2) is 12.3 Å². The Morgan fingerprint density at radius 3 is 2.78 bits per heavy atom. The van der Waals surface area contributed by atoms with Gasteiger partial charge in [0.25, 0.3) is 0 Å². The summed E-state index contributed by atoms with van der Waals surface area (Å²) < 4.78 is 0. The van der Waals surface area contributed by atoms with Crippen LogP contribution in [0.5, 0.6) is 0 Å². The number of carboxylic acid groups (broad SMARTS) is 1. The first-order chi connectivity index (χ1) is 8.56. The minimum absolute atomic E-state index is 0.0627. The largest absolute Gasteiger partial charge is 0.480 e. The Kier molecular flexibility index (Phi) is 5.55. The van der Waals surface area contributed by atoms with E-state index >= 15 is 0 Å². The Bertz CT molecular complexity index is 362. The predicted molar refractivity (Wildman–Crippen MR) is 65.8 cm³/mol. The van der Waals surface area contributed by atoms with E-state index < -0.39 is 12.0 Å². The molecule has 1 aliphatic heterocycles. The van der Waals surface area contributed by atoms with Gasteiger partial charge in [0.2, 0.25) is 5.91 Å². The molecule has 5 nitrogen and oxygen atoms in total. The third-order valence-electron chi connectivity index (χ3n) is 2.99. The van der Waals surface area contributed by atoms with Gasteiger partial charge in [-0.1, -0.05) is 19.8 Å². The molecule has 0 unspecified atom stereocenters. The fourth-order valence-corrected chi connectivity index (χ4v) is 1.93. The number of nitrogens with zero attached hydrogens (tertiary/aromatic N) is 1. The van der Waals surface area contributed by atoms with Crippen molar-refractivity contribution in [1.82, 2.24) is 4.90 Å². The number of ketones is 1. The van der Waals surface area contributed by atoms with Gasteiger partial charge in [0.05, 0.1) is 0 Å². The maximum absolute atomic E-state index is 11.5. The topological polar surface area (TPSA) is 74.7 Å². The van der Waals surface area contributed by atoms with E-state index in [0.29, 0.717) is 12.8 Å². The molecule has 0 spiro atoms. The Balaban J connectivity index is 2.51. The Morgan fingerprint density at radius 1 is 1.44 bits per heavy atom. The minimum Gasteiger partial charge on any atom is -0.480 e. The number of hydrogen-bond acceptors (Lipinski definition) is 3. The molecule has 0 aromatic rings. The van der Waals surface area contributed by atoms with Gasteiger partial charge in [0.15, 0.2) is 5.78 Å². The van der Waals surface area contributed by atoms with Crippen molar-refractivity contribution in [2.45, 2.75) is 51.5 Å². The zero-order valence-corrected chi connectivity index (χ0v) is 10.6. The zero-order chi connectivity index (χ0) is 13.5. The summed E-state index contributed by atoms with van der Waals surface area (Å²) in [6.45, 7) is 2.06. The number of carbonyl (C=O) groups excluding carboxylic acids is 2. The van der Waals surface area contributed by atoms with Crippen LogP contribution in [0.4, 0.5) is 0 Å². The summed E-state index contributed by atoms with van der Waals surface area (Å²) in [5.74, 6) is -1.32. The first-order valence-corrected chi connectivity index (χ1v) is 6.31. The van der Waals surface area contributed by atoms with Crippen molar-refractivity contribution in [3.05, 3.63) is 12.3 Å². The van der Waals surface area contributed by atoms with Crippen molar-refractivity contribution in [2.75, 3.05) is 0 Å². The number of likely N-dealkylation sites (tertiary alicyclic amines) is 1. The molecule has 0 bridgehead atoms. The summed E-state index contributed by atoms with van der Waals surface area (Å²) in [4.78, 5) is 35.0. The summed E-state index contributed by atoms with van der Waals surface area (Å²) in [5, 5.41) is 8.93. The highest BCUT2D eigenvalue weighted by molar-refractivity contribution is 5.92. The van der Waals surface area contributed by atoms with Crippen molar-refractivity contribution in [3.8, 4) is 0 Å². The van der Waals surface area contributed by atoms with E-state index in [4.69, 9.17) is 5.11 Å². The zero-order valence-electron chi connectivity index (χ0n) is 10.6. The molecule has 5 heteroatoms. The van der Waals surface area contributed by atoms with Crippen LogP contribution in [0.3, 0.4) is 0 Å². The summed E-state index contributed by atoms with van der Waals surface area (Å²) in [6, 6.07) is -0.822. The van der Waals surface area contributed by atoms with Gasteiger partial charge in [0, 0.05) is 19.0 Å². The lowest BCUT2D eigenvalue weighted by atomic mass is 10.1. The van der Waals surface area contributed by atoms with E-state index in [1.54, 1.807) is 0 Å². The second-order valence-electron chi connectivity index (χ2n) is 4.43. The van der Waals surface area contributed by atoms with E-state index in [1.807, 2.05) is 0 Å². The standard InChI is InChI=1S/C13H19NO4/c1-2-3-4-5-10(15)8-9-14-11(13(17)18)6-7-12(14)16/h8-9,11H,2-7H2,1H3,(H,17,18)/b9-8+/t11-/m1/s1. The first kappa shape index (κ1) is 14.4. The lowest BCUT2D eigenvalue weighted by molar-refractivity contribution is -0.144.